The molecular weight excluding hydrogens is 497 g/mol. The van der Waals surface area contributed by atoms with Gasteiger partial charge in [0.1, 0.15) is 23.1 Å². The molecule has 2 N–H and O–H groups in total. The van der Waals surface area contributed by atoms with Crippen LogP contribution >= 0.6 is 0 Å². The van der Waals surface area contributed by atoms with Gasteiger partial charge < -0.3 is 10.1 Å². The lowest BCUT2D eigenvalue weighted by Gasteiger charge is -2.14. The number of rotatable bonds is 6. The zero-order valence-corrected chi connectivity index (χ0v) is 22.0. The normalized spacial score (nSPS) is 11.3. The van der Waals surface area contributed by atoms with Crippen molar-refractivity contribution in [3.63, 3.8) is 0 Å². The molecule has 198 valence electrons. The van der Waals surface area contributed by atoms with Gasteiger partial charge in [0.05, 0.1) is 23.3 Å². The minimum absolute atomic E-state index is 0.248. The minimum Gasteiger partial charge on any atom is -0.457 e. The maximum atomic E-state index is 13.5. The fraction of sp³-hybridized carbons (Fsp3) is 0.172. The molecule has 0 atom stereocenters. The molecule has 0 bridgehead atoms. The van der Waals surface area contributed by atoms with E-state index in [0.29, 0.717) is 28.7 Å². The molecule has 0 saturated carbocycles. The summed E-state index contributed by atoms with van der Waals surface area (Å²) in [5.74, 6) is 1.35. The number of carbonyl (C=O) groups is 1. The van der Waals surface area contributed by atoms with Crippen molar-refractivity contribution in [2.45, 2.75) is 26.2 Å². The molecule has 0 aliphatic carbocycles. The van der Waals surface area contributed by atoms with Crippen molar-refractivity contribution in [1.29, 1.82) is 0 Å². The van der Waals surface area contributed by atoms with Gasteiger partial charge in [0.2, 0.25) is 0 Å². The van der Waals surface area contributed by atoms with Gasteiger partial charge in [-0.1, -0.05) is 20.8 Å². The summed E-state index contributed by atoms with van der Waals surface area (Å²) >= 11 is 0. The number of pyridine rings is 1. The molecule has 0 fully saturated rings. The second-order valence-electron chi connectivity index (χ2n) is 10.0. The average Bonchev–Trinajstić information content (AvgIpc) is 3.52. The first-order valence-electron chi connectivity index (χ1n) is 12.3. The number of halogens is 1. The van der Waals surface area contributed by atoms with E-state index in [4.69, 9.17) is 4.74 Å². The van der Waals surface area contributed by atoms with Crippen LogP contribution < -0.4 is 15.4 Å². The largest absolute Gasteiger partial charge is 0.457 e. The van der Waals surface area contributed by atoms with Crippen LogP contribution in [0.4, 0.5) is 20.7 Å². The monoisotopic (exact) mass is 525 g/mol. The number of carbonyl (C=O) groups excluding carboxylic acids is 1. The summed E-state index contributed by atoms with van der Waals surface area (Å²) in [6.07, 6.45) is 5.31. The van der Waals surface area contributed by atoms with E-state index in [-0.39, 0.29) is 11.2 Å². The molecule has 5 rings (SSSR count). The molecule has 0 aliphatic heterocycles. The first-order valence-corrected chi connectivity index (χ1v) is 12.3. The summed E-state index contributed by atoms with van der Waals surface area (Å²) in [5.41, 5.74) is 3.39. The van der Waals surface area contributed by atoms with E-state index < -0.39 is 6.03 Å². The van der Waals surface area contributed by atoms with Crippen LogP contribution in [0.15, 0.2) is 85.3 Å². The molecule has 3 heterocycles. The minimum atomic E-state index is -0.442. The van der Waals surface area contributed by atoms with E-state index in [9.17, 15) is 9.18 Å². The number of hydrogen-bond acceptors (Lipinski definition) is 5. The zero-order valence-electron chi connectivity index (χ0n) is 22.0. The molecule has 10 heteroatoms. The van der Waals surface area contributed by atoms with Crippen LogP contribution in [0.5, 0.6) is 11.5 Å². The van der Waals surface area contributed by atoms with Crippen molar-refractivity contribution in [3.8, 4) is 28.4 Å². The zero-order chi connectivity index (χ0) is 27.6. The lowest BCUT2D eigenvalue weighted by Crippen LogP contribution is -2.21. The number of hydrogen-bond donors (Lipinski definition) is 2. The fourth-order valence-corrected chi connectivity index (χ4v) is 3.82. The lowest BCUT2D eigenvalue weighted by atomic mass is 9.92. The van der Waals surface area contributed by atoms with Crippen LogP contribution in [0.3, 0.4) is 0 Å². The summed E-state index contributed by atoms with van der Waals surface area (Å²) in [4.78, 5) is 17.2. The van der Waals surface area contributed by atoms with Gasteiger partial charge in [0.15, 0.2) is 0 Å². The van der Waals surface area contributed by atoms with E-state index in [1.165, 1.54) is 12.1 Å². The average molecular weight is 526 g/mol. The second-order valence-corrected chi connectivity index (χ2v) is 10.0. The van der Waals surface area contributed by atoms with E-state index in [0.717, 1.165) is 17.0 Å². The van der Waals surface area contributed by atoms with Gasteiger partial charge in [-0.3, -0.25) is 15.0 Å². The summed E-state index contributed by atoms with van der Waals surface area (Å²) in [7, 11) is 1.85. The second kappa shape index (κ2) is 10.4. The Morgan fingerprint density at radius 3 is 2.36 bits per heavy atom. The third-order valence-electron chi connectivity index (χ3n) is 5.87. The molecule has 0 saturated heterocycles. The molecule has 5 aromatic rings. The van der Waals surface area contributed by atoms with Crippen molar-refractivity contribution in [2.24, 2.45) is 7.05 Å². The Morgan fingerprint density at radius 2 is 1.69 bits per heavy atom. The number of aromatic nitrogens is 5. The van der Waals surface area contributed by atoms with Gasteiger partial charge in [0, 0.05) is 48.2 Å². The van der Waals surface area contributed by atoms with Crippen LogP contribution in [0.1, 0.15) is 26.5 Å². The molecule has 3 aromatic heterocycles. The summed E-state index contributed by atoms with van der Waals surface area (Å²) < 4.78 is 22.7. The number of benzene rings is 2. The molecule has 0 spiro atoms. The molecule has 39 heavy (non-hydrogen) atoms. The topological polar surface area (TPSA) is 98.9 Å². The molecule has 2 amide bonds. The Morgan fingerprint density at radius 1 is 0.949 bits per heavy atom. The summed E-state index contributed by atoms with van der Waals surface area (Å²) in [5, 5.41) is 14.5. The van der Waals surface area contributed by atoms with Gasteiger partial charge in [-0.25, -0.2) is 13.9 Å². The molecule has 0 aliphatic rings. The third kappa shape index (κ3) is 6.12. The van der Waals surface area contributed by atoms with Crippen LogP contribution in [-0.2, 0) is 12.5 Å². The number of nitrogens with one attached hydrogen (secondary N) is 2. The number of aryl methyl sites for hydroxylation is 1. The van der Waals surface area contributed by atoms with Gasteiger partial charge in [-0.2, -0.15) is 10.2 Å². The maximum absolute atomic E-state index is 13.5. The van der Waals surface area contributed by atoms with Crippen molar-refractivity contribution in [2.75, 3.05) is 10.6 Å². The van der Waals surface area contributed by atoms with E-state index in [2.05, 4.69) is 25.8 Å². The van der Waals surface area contributed by atoms with Crippen molar-refractivity contribution in [1.82, 2.24) is 24.5 Å². The highest BCUT2D eigenvalue weighted by Crippen LogP contribution is 2.28. The van der Waals surface area contributed by atoms with E-state index in [1.807, 2.05) is 46.1 Å². The van der Waals surface area contributed by atoms with Gasteiger partial charge >= 0.3 is 6.03 Å². The highest BCUT2D eigenvalue weighted by atomic mass is 19.1. The standard InChI is InChI=1S/C29H28FN7O2/c1-29(2,3)26-16-27(37(35-26)22-9-5-20(30)6-10-22)34-28(38)33-21-7-11-23(12-8-21)39-24-13-14-31-25(15-24)19-17-32-36(4)18-19/h5-18H,1-4H3,(H2,33,34,38). The fourth-order valence-electron chi connectivity index (χ4n) is 3.82. The highest BCUT2D eigenvalue weighted by Gasteiger charge is 2.21. The molecule has 0 radical (unpaired) electrons. The molecule has 9 nitrogen and oxygen atoms in total. The summed E-state index contributed by atoms with van der Waals surface area (Å²) in [6, 6.07) is 17.9. The highest BCUT2D eigenvalue weighted by molar-refractivity contribution is 5.99. The van der Waals surface area contributed by atoms with Crippen molar-refractivity contribution >= 4 is 17.5 Å². The van der Waals surface area contributed by atoms with Crippen LogP contribution in [-0.4, -0.2) is 30.6 Å². The van der Waals surface area contributed by atoms with Crippen LogP contribution in [0, 0.1) is 5.82 Å². The predicted molar refractivity (Wildman–Crippen MR) is 148 cm³/mol. The molecular formula is C29H28FN7O2. The first-order chi connectivity index (χ1) is 18.6. The van der Waals surface area contributed by atoms with Crippen molar-refractivity contribution < 1.29 is 13.9 Å². The number of ether oxygens (including phenoxy) is 1. The maximum Gasteiger partial charge on any atom is 0.324 e. The number of urea groups is 1. The van der Waals surface area contributed by atoms with Crippen molar-refractivity contribution in [3.05, 3.63) is 96.8 Å². The molecule has 0 unspecified atom stereocenters. The lowest BCUT2D eigenvalue weighted by molar-refractivity contribution is 0.262. The van der Waals surface area contributed by atoms with Crippen LogP contribution in [0.2, 0.25) is 0 Å². The Bertz CT molecular complexity index is 1600. The summed E-state index contributed by atoms with van der Waals surface area (Å²) in [6.45, 7) is 6.09. The van der Waals surface area contributed by atoms with E-state index >= 15 is 0 Å². The predicted octanol–water partition coefficient (Wildman–Crippen LogP) is 6.54. The van der Waals surface area contributed by atoms with Crippen LogP contribution in [0.25, 0.3) is 16.9 Å². The molecule has 2 aromatic carbocycles. The Labute approximate surface area is 225 Å². The third-order valence-corrected chi connectivity index (χ3v) is 5.87. The smallest absolute Gasteiger partial charge is 0.324 e. The quantitative estimate of drug-likeness (QED) is 0.262. The Kier molecular flexibility index (Phi) is 6.84. The van der Waals surface area contributed by atoms with Gasteiger partial charge in [0.25, 0.3) is 0 Å². The van der Waals surface area contributed by atoms with Gasteiger partial charge in [-0.05, 0) is 54.6 Å². The van der Waals surface area contributed by atoms with E-state index in [1.54, 1.807) is 64.2 Å². The number of anilines is 2. The Hall–Kier alpha value is -4.99. The number of amides is 2. The van der Waals surface area contributed by atoms with Gasteiger partial charge in [-0.15, -0.1) is 0 Å². The number of nitrogens with zero attached hydrogens (tertiary/aromatic N) is 5. The Balaban J connectivity index is 1.27. The first kappa shape index (κ1) is 25.7. The SMILES string of the molecule is Cn1cc(-c2cc(Oc3ccc(NC(=O)Nc4cc(C(C)(C)C)nn4-c4ccc(F)cc4)cc3)ccn2)cn1.